The average Bonchev–Trinajstić information content (AvgIpc) is 2.62. The molecule has 0 aliphatic carbocycles. The summed E-state index contributed by atoms with van der Waals surface area (Å²) in [6.07, 6.45) is -0.354. The molecule has 0 aliphatic heterocycles. The van der Waals surface area contributed by atoms with Gasteiger partial charge in [-0.05, 0) is 6.07 Å². The Morgan fingerprint density at radius 3 is 2.85 bits per heavy atom. The van der Waals surface area contributed by atoms with Gasteiger partial charge in [-0.15, -0.1) is 0 Å². The van der Waals surface area contributed by atoms with Crippen LogP contribution in [0.1, 0.15) is 22.2 Å². The fourth-order valence-corrected chi connectivity index (χ4v) is 1.18. The molecular weight excluding hydrogens is 192 g/mol. The standard InChI is InChI=1S/C8H10O4S/c9-3-7-5(1-2-12-7)8(11)6(10)4-13/h1-3,6,8,10-11,13H,4H2. The number of hydrogen-bond acceptors (Lipinski definition) is 5. The van der Waals surface area contributed by atoms with E-state index in [2.05, 4.69) is 12.6 Å². The van der Waals surface area contributed by atoms with Crippen LogP contribution in [0.3, 0.4) is 0 Å². The zero-order chi connectivity index (χ0) is 9.84. The zero-order valence-electron chi connectivity index (χ0n) is 6.75. The first kappa shape index (κ1) is 10.3. The molecule has 1 aromatic heterocycles. The van der Waals surface area contributed by atoms with Crippen molar-refractivity contribution >= 4 is 18.9 Å². The van der Waals surface area contributed by atoms with Crippen molar-refractivity contribution in [2.45, 2.75) is 12.2 Å². The zero-order valence-corrected chi connectivity index (χ0v) is 7.65. The quantitative estimate of drug-likeness (QED) is 0.488. The van der Waals surface area contributed by atoms with Gasteiger partial charge in [0.15, 0.2) is 12.0 Å². The lowest BCUT2D eigenvalue weighted by molar-refractivity contribution is 0.0328. The van der Waals surface area contributed by atoms with E-state index in [0.29, 0.717) is 6.29 Å². The van der Waals surface area contributed by atoms with Crippen molar-refractivity contribution in [2.24, 2.45) is 0 Å². The van der Waals surface area contributed by atoms with Gasteiger partial charge in [-0.25, -0.2) is 0 Å². The number of aldehydes is 1. The molecule has 2 N–H and O–H groups in total. The van der Waals surface area contributed by atoms with Crippen LogP contribution in [0.25, 0.3) is 0 Å². The molecule has 1 heterocycles. The monoisotopic (exact) mass is 202 g/mol. The summed E-state index contributed by atoms with van der Waals surface area (Å²) in [5.74, 6) is 0.151. The highest BCUT2D eigenvalue weighted by Crippen LogP contribution is 2.21. The van der Waals surface area contributed by atoms with E-state index in [9.17, 15) is 15.0 Å². The maximum atomic E-state index is 10.4. The van der Waals surface area contributed by atoms with Gasteiger partial charge in [-0.2, -0.15) is 12.6 Å². The smallest absolute Gasteiger partial charge is 0.185 e. The number of furan rings is 1. The predicted octanol–water partition coefficient (Wildman–Crippen LogP) is 0.416. The summed E-state index contributed by atoms with van der Waals surface area (Å²) in [4.78, 5) is 10.4. The van der Waals surface area contributed by atoms with Gasteiger partial charge >= 0.3 is 0 Å². The van der Waals surface area contributed by atoms with Crippen molar-refractivity contribution in [3.05, 3.63) is 23.7 Å². The van der Waals surface area contributed by atoms with Gasteiger partial charge in [0.2, 0.25) is 0 Å². The SMILES string of the molecule is O=Cc1occc1C(O)C(O)CS. The van der Waals surface area contributed by atoms with Crippen molar-refractivity contribution in [1.82, 2.24) is 0 Å². The third-order valence-corrected chi connectivity index (χ3v) is 2.08. The molecule has 4 nitrogen and oxygen atoms in total. The molecular formula is C8H10O4S. The van der Waals surface area contributed by atoms with Crippen LogP contribution in [0.4, 0.5) is 0 Å². The summed E-state index contributed by atoms with van der Waals surface area (Å²) in [5, 5.41) is 18.7. The molecule has 0 radical (unpaired) electrons. The van der Waals surface area contributed by atoms with Gasteiger partial charge in [0.05, 0.1) is 12.4 Å². The first-order valence-corrected chi connectivity index (χ1v) is 4.33. The summed E-state index contributed by atoms with van der Waals surface area (Å²) < 4.78 is 4.77. The van der Waals surface area contributed by atoms with E-state index in [1.807, 2.05) is 0 Å². The van der Waals surface area contributed by atoms with Crippen LogP contribution in [-0.2, 0) is 0 Å². The van der Waals surface area contributed by atoms with E-state index in [4.69, 9.17) is 4.42 Å². The van der Waals surface area contributed by atoms with Crippen molar-refractivity contribution in [3.8, 4) is 0 Å². The molecule has 0 aliphatic rings. The minimum atomic E-state index is -1.13. The number of hydrogen-bond donors (Lipinski definition) is 3. The van der Waals surface area contributed by atoms with Gasteiger partial charge < -0.3 is 14.6 Å². The van der Waals surface area contributed by atoms with Gasteiger partial charge in [-0.3, -0.25) is 4.79 Å². The first-order chi connectivity index (χ1) is 6.20. The summed E-state index contributed by atoms with van der Waals surface area (Å²) >= 11 is 3.82. The number of aliphatic hydroxyl groups excluding tert-OH is 2. The molecule has 2 atom stereocenters. The third-order valence-electron chi connectivity index (χ3n) is 1.70. The minimum Gasteiger partial charge on any atom is -0.461 e. The van der Waals surface area contributed by atoms with Crippen LogP contribution in [0.15, 0.2) is 16.7 Å². The predicted molar refractivity (Wildman–Crippen MR) is 48.9 cm³/mol. The lowest BCUT2D eigenvalue weighted by Crippen LogP contribution is -2.20. The fraction of sp³-hybridized carbons (Fsp3) is 0.375. The van der Waals surface area contributed by atoms with Crippen molar-refractivity contribution in [2.75, 3.05) is 5.75 Å². The van der Waals surface area contributed by atoms with Gasteiger partial charge in [0.25, 0.3) is 0 Å². The first-order valence-electron chi connectivity index (χ1n) is 3.70. The average molecular weight is 202 g/mol. The van der Waals surface area contributed by atoms with Crippen molar-refractivity contribution < 1.29 is 19.4 Å². The molecule has 0 fully saturated rings. The molecule has 0 amide bonds. The van der Waals surface area contributed by atoms with Crippen LogP contribution in [0.2, 0.25) is 0 Å². The Morgan fingerprint density at radius 2 is 2.31 bits per heavy atom. The second kappa shape index (κ2) is 4.45. The highest BCUT2D eigenvalue weighted by atomic mass is 32.1. The van der Waals surface area contributed by atoms with Crippen molar-refractivity contribution in [3.63, 3.8) is 0 Å². The van der Waals surface area contributed by atoms with Gasteiger partial charge in [0.1, 0.15) is 6.10 Å². The summed E-state index contributed by atoms with van der Waals surface area (Å²) in [5.41, 5.74) is 0.288. The Bertz CT molecular complexity index is 283. The molecule has 2 unspecified atom stereocenters. The van der Waals surface area contributed by atoms with Gasteiger partial charge in [0, 0.05) is 11.3 Å². The van der Waals surface area contributed by atoms with Crippen LogP contribution < -0.4 is 0 Å². The largest absolute Gasteiger partial charge is 0.461 e. The fourth-order valence-electron chi connectivity index (χ4n) is 0.978. The minimum absolute atomic E-state index is 0.0355. The lowest BCUT2D eigenvalue weighted by atomic mass is 10.1. The Hall–Kier alpha value is -0.780. The van der Waals surface area contributed by atoms with Crippen LogP contribution >= 0.6 is 12.6 Å². The Labute approximate surface area is 80.6 Å². The molecule has 72 valence electrons. The normalized spacial score (nSPS) is 15.3. The summed E-state index contributed by atoms with van der Waals surface area (Å²) in [6, 6.07) is 1.45. The summed E-state index contributed by atoms with van der Waals surface area (Å²) in [6.45, 7) is 0. The van der Waals surface area contributed by atoms with Gasteiger partial charge in [-0.1, -0.05) is 0 Å². The Balaban J connectivity index is 2.87. The summed E-state index contributed by atoms with van der Waals surface area (Å²) in [7, 11) is 0. The third kappa shape index (κ3) is 2.12. The van der Waals surface area contributed by atoms with Crippen molar-refractivity contribution in [1.29, 1.82) is 0 Å². The molecule has 1 aromatic rings. The number of rotatable bonds is 4. The molecule has 13 heavy (non-hydrogen) atoms. The van der Waals surface area contributed by atoms with E-state index >= 15 is 0 Å². The number of aliphatic hydroxyl groups is 2. The van der Waals surface area contributed by atoms with E-state index in [1.165, 1.54) is 12.3 Å². The maximum absolute atomic E-state index is 10.4. The number of carbonyl (C=O) groups is 1. The number of carbonyl (C=O) groups excluding carboxylic acids is 1. The Kier molecular flexibility index (Phi) is 3.53. The molecule has 0 spiro atoms. The molecule has 0 saturated carbocycles. The van der Waals surface area contributed by atoms with Crippen LogP contribution in [0.5, 0.6) is 0 Å². The van der Waals surface area contributed by atoms with E-state index in [0.717, 1.165) is 0 Å². The second-order valence-corrected chi connectivity index (χ2v) is 2.92. The Morgan fingerprint density at radius 1 is 1.62 bits per heavy atom. The van der Waals surface area contributed by atoms with E-state index in [-0.39, 0.29) is 17.1 Å². The van der Waals surface area contributed by atoms with E-state index in [1.54, 1.807) is 0 Å². The molecule has 0 saturated heterocycles. The van der Waals surface area contributed by atoms with Crippen LogP contribution in [0, 0.1) is 0 Å². The number of thiol groups is 1. The highest BCUT2D eigenvalue weighted by molar-refractivity contribution is 7.80. The molecule has 0 bridgehead atoms. The molecule has 0 aromatic carbocycles. The lowest BCUT2D eigenvalue weighted by Gasteiger charge is -2.14. The molecule has 1 rings (SSSR count). The topological polar surface area (TPSA) is 70.7 Å². The van der Waals surface area contributed by atoms with E-state index < -0.39 is 12.2 Å². The maximum Gasteiger partial charge on any atom is 0.185 e. The van der Waals surface area contributed by atoms with Crippen LogP contribution in [-0.4, -0.2) is 28.4 Å². The second-order valence-electron chi connectivity index (χ2n) is 2.55. The highest BCUT2D eigenvalue weighted by Gasteiger charge is 2.21. The molecule has 5 heteroatoms.